The van der Waals surface area contributed by atoms with Gasteiger partial charge < -0.3 is 0 Å². The quantitative estimate of drug-likeness (QED) is 0.134. The van der Waals surface area contributed by atoms with E-state index in [9.17, 15) is 0 Å². The molecule has 48 heavy (non-hydrogen) atoms. The second kappa shape index (κ2) is 12.1. The van der Waals surface area contributed by atoms with Gasteiger partial charge in [0.2, 0.25) is 0 Å². The Morgan fingerprint density at radius 2 is 1.06 bits per heavy atom. The Bertz CT molecular complexity index is 2420. The van der Waals surface area contributed by atoms with Crippen LogP contribution in [0.3, 0.4) is 0 Å². The maximum atomic E-state index is 2.39. The molecule has 0 heteroatoms. The molecule has 6 aromatic rings. The molecule has 9 rings (SSSR count). The van der Waals surface area contributed by atoms with Crippen LogP contribution in [-0.2, 0) is 0 Å². The fraction of sp³-hybridized carbons (Fsp3) is 0.0833. The summed E-state index contributed by atoms with van der Waals surface area (Å²) in [6.45, 7) is 0. The lowest BCUT2D eigenvalue weighted by atomic mass is 9.77. The second-order valence-corrected chi connectivity index (χ2v) is 13.1. The monoisotopic (exact) mass is 612 g/mol. The molecule has 0 heterocycles. The summed E-state index contributed by atoms with van der Waals surface area (Å²) in [5.74, 6) is 0.880. The van der Waals surface area contributed by atoms with E-state index in [0.717, 1.165) is 12.8 Å². The average Bonchev–Trinajstić information content (AvgIpc) is 3.16. The van der Waals surface area contributed by atoms with Crippen molar-refractivity contribution >= 4 is 50.9 Å². The average molecular weight is 613 g/mol. The Balaban J connectivity index is 1.06. The summed E-state index contributed by atoms with van der Waals surface area (Å²) >= 11 is 0. The van der Waals surface area contributed by atoms with Gasteiger partial charge in [-0.2, -0.15) is 0 Å². The predicted molar refractivity (Wildman–Crippen MR) is 207 cm³/mol. The third kappa shape index (κ3) is 5.02. The summed E-state index contributed by atoms with van der Waals surface area (Å²) in [4.78, 5) is 0. The first-order valence-electron chi connectivity index (χ1n) is 17.2. The van der Waals surface area contributed by atoms with Crippen LogP contribution >= 0.6 is 0 Å². The van der Waals surface area contributed by atoms with Crippen molar-refractivity contribution in [1.82, 2.24) is 0 Å². The van der Waals surface area contributed by atoms with Gasteiger partial charge >= 0.3 is 0 Å². The maximum Gasteiger partial charge on any atom is 0.0125 e. The number of fused-ring (bicyclic) bond motifs is 4. The van der Waals surface area contributed by atoms with Crippen LogP contribution in [0, 0.1) is 11.8 Å². The molecular formula is C48H36. The molecule has 228 valence electrons. The van der Waals surface area contributed by atoms with Gasteiger partial charge in [0.25, 0.3) is 0 Å². The minimum Gasteiger partial charge on any atom is -0.0767 e. The van der Waals surface area contributed by atoms with Crippen molar-refractivity contribution < 1.29 is 0 Å². The SMILES string of the molecule is C1=CC2C=CC=C(c3ccc(C=Cc4ccc(-c5c6ccccc6c(C6=c7ccccc7=CCC6)c6ccccc56)cc4)cc3)C2C=C1. The van der Waals surface area contributed by atoms with Crippen molar-refractivity contribution in [1.29, 1.82) is 0 Å². The zero-order valence-electron chi connectivity index (χ0n) is 26.9. The van der Waals surface area contributed by atoms with E-state index in [1.807, 2.05) is 0 Å². The van der Waals surface area contributed by atoms with Crippen LogP contribution in [0.25, 0.3) is 62.0 Å². The van der Waals surface area contributed by atoms with Gasteiger partial charge in [-0.15, -0.1) is 0 Å². The third-order valence-corrected chi connectivity index (χ3v) is 10.3. The number of hydrogen-bond donors (Lipinski definition) is 0. The lowest BCUT2D eigenvalue weighted by Crippen LogP contribution is -2.29. The Hall–Kier alpha value is -5.72. The van der Waals surface area contributed by atoms with E-state index in [4.69, 9.17) is 0 Å². The number of hydrogen-bond acceptors (Lipinski definition) is 0. The highest BCUT2D eigenvalue weighted by atomic mass is 14.3. The lowest BCUT2D eigenvalue weighted by Gasteiger charge is -2.27. The molecular weight excluding hydrogens is 577 g/mol. The standard InChI is InChI=1S/C48H36/c1-3-15-39-35(11-1)13-9-21-40(39)37-29-25-33(26-30-37)23-24-34-27-31-38(32-28-34)47-43-17-5-7-19-45(43)48(46-20-8-6-18-44(46)47)42-22-10-14-36-12-2-4-16-41(36)42/h1-9,11-21,23-32,35,39H,10,22H2. The molecule has 2 atom stereocenters. The summed E-state index contributed by atoms with van der Waals surface area (Å²) in [5.41, 5.74) is 10.5. The number of benzene rings is 6. The van der Waals surface area contributed by atoms with Crippen LogP contribution in [0.2, 0.25) is 0 Å². The van der Waals surface area contributed by atoms with Gasteiger partial charge in [0.05, 0.1) is 0 Å². The van der Waals surface area contributed by atoms with Crippen LogP contribution < -0.4 is 10.4 Å². The van der Waals surface area contributed by atoms with E-state index in [1.54, 1.807) is 0 Å². The van der Waals surface area contributed by atoms with Gasteiger partial charge in [-0.05, 0) is 89.4 Å². The van der Waals surface area contributed by atoms with Gasteiger partial charge in [-0.1, -0.05) is 182 Å². The maximum absolute atomic E-state index is 2.39. The number of allylic oxidation sites excluding steroid dienone is 8. The molecule has 0 aliphatic heterocycles. The minimum absolute atomic E-state index is 0.423. The molecule has 0 bridgehead atoms. The zero-order chi connectivity index (χ0) is 31.9. The van der Waals surface area contributed by atoms with Gasteiger partial charge in [0.1, 0.15) is 0 Å². The van der Waals surface area contributed by atoms with Crippen molar-refractivity contribution in [2.45, 2.75) is 12.8 Å². The van der Waals surface area contributed by atoms with Gasteiger partial charge in [0.15, 0.2) is 0 Å². The van der Waals surface area contributed by atoms with Gasteiger partial charge in [-0.3, -0.25) is 0 Å². The van der Waals surface area contributed by atoms with Crippen molar-refractivity contribution in [3.05, 3.63) is 197 Å². The highest BCUT2D eigenvalue weighted by Gasteiger charge is 2.23. The molecule has 0 aromatic heterocycles. The summed E-state index contributed by atoms with van der Waals surface area (Å²) in [6.07, 6.45) is 24.7. The molecule has 0 saturated heterocycles. The van der Waals surface area contributed by atoms with Gasteiger partial charge in [0, 0.05) is 11.8 Å². The molecule has 0 amide bonds. The van der Waals surface area contributed by atoms with Gasteiger partial charge in [-0.25, -0.2) is 0 Å². The molecule has 2 unspecified atom stereocenters. The largest absolute Gasteiger partial charge is 0.0767 e. The van der Waals surface area contributed by atoms with Crippen LogP contribution in [0.5, 0.6) is 0 Å². The van der Waals surface area contributed by atoms with E-state index >= 15 is 0 Å². The Morgan fingerprint density at radius 1 is 0.500 bits per heavy atom. The van der Waals surface area contributed by atoms with Crippen LogP contribution in [0.4, 0.5) is 0 Å². The predicted octanol–water partition coefficient (Wildman–Crippen LogP) is 10.9. The van der Waals surface area contributed by atoms with E-state index in [1.165, 1.54) is 76.5 Å². The van der Waals surface area contributed by atoms with Crippen LogP contribution in [0.1, 0.15) is 35.1 Å². The Kier molecular flexibility index (Phi) is 7.21. The highest BCUT2D eigenvalue weighted by molar-refractivity contribution is 6.18. The molecule has 0 fully saturated rings. The lowest BCUT2D eigenvalue weighted by molar-refractivity contribution is 0.678. The fourth-order valence-electron chi connectivity index (χ4n) is 8.03. The van der Waals surface area contributed by atoms with Crippen LogP contribution in [0.15, 0.2) is 164 Å². The topological polar surface area (TPSA) is 0 Å². The Labute approximate surface area is 282 Å². The fourth-order valence-corrected chi connectivity index (χ4v) is 8.03. The highest BCUT2D eigenvalue weighted by Crippen LogP contribution is 2.42. The molecule has 3 aliphatic carbocycles. The van der Waals surface area contributed by atoms with E-state index in [0.29, 0.717) is 11.8 Å². The molecule has 0 saturated carbocycles. The smallest absolute Gasteiger partial charge is 0.0125 e. The van der Waals surface area contributed by atoms with E-state index in [-0.39, 0.29) is 0 Å². The number of rotatable bonds is 5. The van der Waals surface area contributed by atoms with Crippen molar-refractivity contribution in [3.8, 4) is 11.1 Å². The minimum atomic E-state index is 0.423. The molecule has 0 radical (unpaired) electrons. The molecule has 0 nitrogen and oxygen atoms in total. The molecule has 3 aliphatic rings. The van der Waals surface area contributed by atoms with Crippen LogP contribution in [-0.4, -0.2) is 0 Å². The normalized spacial score (nSPS) is 18.2. The first kappa shape index (κ1) is 28.5. The zero-order valence-corrected chi connectivity index (χ0v) is 26.9. The first-order valence-corrected chi connectivity index (χ1v) is 17.2. The summed E-state index contributed by atoms with van der Waals surface area (Å²) < 4.78 is 0. The molecule has 6 aromatic carbocycles. The second-order valence-electron chi connectivity index (χ2n) is 13.1. The molecule has 0 N–H and O–H groups in total. The van der Waals surface area contributed by atoms with Crippen molar-refractivity contribution in [2.24, 2.45) is 11.8 Å². The van der Waals surface area contributed by atoms with E-state index in [2.05, 4.69) is 182 Å². The van der Waals surface area contributed by atoms with Crippen molar-refractivity contribution in [3.63, 3.8) is 0 Å². The van der Waals surface area contributed by atoms with E-state index < -0.39 is 0 Å². The Morgan fingerprint density at radius 3 is 1.75 bits per heavy atom. The van der Waals surface area contributed by atoms with Crippen molar-refractivity contribution in [2.75, 3.05) is 0 Å². The first-order chi connectivity index (χ1) is 23.8. The third-order valence-electron chi connectivity index (χ3n) is 10.3. The summed E-state index contributed by atoms with van der Waals surface area (Å²) in [7, 11) is 0. The summed E-state index contributed by atoms with van der Waals surface area (Å²) in [6, 6.07) is 45.0. The summed E-state index contributed by atoms with van der Waals surface area (Å²) in [5, 5.41) is 8.00. The molecule has 0 spiro atoms.